The molecule has 0 radical (unpaired) electrons. The van der Waals surface area contributed by atoms with Crippen LogP contribution in [-0.4, -0.2) is 85.2 Å². The number of nitrogens with two attached hydrogens (primary N) is 1. The van der Waals surface area contributed by atoms with Crippen LogP contribution in [0.15, 0.2) is 25.3 Å². The first-order chi connectivity index (χ1) is 21.1. The van der Waals surface area contributed by atoms with Gasteiger partial charge in [-0.3, -0.25) is 4.57 Å². The lowest BCUT2D eigenvalue weighted by Gasteiger charge is -2.36. The van der Waals surface area contributed by atoms with Gasteiger partial charge in [-0.1, -0.05) is 25.8 Å². The number of fused-ring (bicyclic) bond motifs is 1. The summed E-state index contributed by atoms with van der Waals surface area (Å²) in [5, 5.41) is 24.3. The van der Waals surface area contributed by atoms with Crippen molar-refractivity contribution < 1.29 is 41.9 Å². The average molecular weight is 683 g/mol. The number of alkyl halides is 3. The number of hydrogen-bond donors (Lipinski definition) is 4. The van der Waals surface area contributed by atoms with Crippen LogP contribution < -0.4 is 10.8 Å². The van der Waals surface area contributed by atoms with E-state index in [0.717, 1.165) is 42.9 Å². The van der Waals surface area contributed by atoms with Gasteiger partial charge < -0.3 is 34.5 Å². The van der Waals surface area contributed by atoms with E-state index in [1.807, 2.05) is 6.08 Å². The quantitative estimate of drug-likeness (QED) is 0.0914. The molecule has 5 N–H and O–H groups in total. The third-order valence-corrected chi connectivity index (χ3v) is 10.3. The van der Waals surface area contributed by atoms with Gasteiger partial charge in [0.1, 0.15) is 17.9 Å². The van der Waals surface area contributed by atoms with Crippen molar-refractivity contribution >= 4 is 35.4 Å². The van der Waals surface area contributed by atoms with Gasteiger partial charge in [-0.15, -0.1) is 6.58 Å². The molecule has 12 nitrogen and oxygen atoms in total. The minimum atomic E-state index is -3.69. The predicted octanol–water partition coefficient (Wildman–Crippen LogP) is 4.78. The standard InChI is InChI=1S/C28H46F3N6O6PS/c1-7-8-10-17(4)11-9-12-18(5)43-44(45,36-19(6)26(39)41-16(2)3)40-13-28(27(30)31)22(38)20(29)25(42-28)37-15-35-21-23(32)33-14-34-24(21)37/h7,14-20,22,25-27,38-39H,1,8-13H2,2-6H3,(H,36,45)(H2,32,33,34)/t17?,18?,19-,20+,22-,25+,26?,28+,44?/m0/s1. The Kier molecular flexibility index (Phi) is 13.7. The minimum Gasteiger partial charge on any atom is -0.387 e. The summed E-state index contributed by atoms with van der Waals surface area (Å²) in [6, 6.07) is -0.842. The molecule has 17 heteroatoms. The van der Waals surface area contributed by atoms with Crippen LogP contribution in [0.25, 0.3) is 11.2 Å². The summed E-state index contributed by atoms with van der Waals surface area (Å²) in [4.78, 5) is 11.9. The lowest BCUT2D eigenvalue weighted by molar-refractivity contribution is -0.191. The molecule has 0 bridgehead atoms. The number of nitrogens with zero attached hydrogens (tertiary/aromatic N) is 4. The van der Waals surface area contributed by atoms with E-state index in [2.05, 4.69) is 33.5 Å². The van der Waals surface area contributed by atoms with Crippen molar-refractivity contribution in [2.75, 3.05) is 12.3 Å². The number of halogens is 3. The number of allylic oxidation sites excluding steroid dienone is 1. The SMILES string of the molecule is C=CCCC(C)CCCC(C)OP(=S)(N[C@@H](C)C(O)OC(C)C)OC[C@@]1(C(F)F)O[C@@H](n2cnc3c(N)ncnc32)[C@H](F)[C@@H]1O. The number of imidazole rings is 1. The van der Waals surface area contributed by atoms with E-state index in [1.165, 1.54) is 0 Å². The van der Waals surface area contributed by atoms with Crippen molar-refractivity contribution in [1.82, 2.24) is 24.6 Å². The first-order valence-electron chi connectivity index (χ1n) is 15.0. The van der Waals surface area contributed by atoms with Crippen molar-refractivity contribution in [2.45, 2.75) is 122 Å². The third-order valence-electron chi connectivity index (χ3n) is 7.60. The van der Waals surface area contributed by atoms with E-state index >= 15 is 4.39 Å². The fourth-order valence-electron chi connectivity index (χ4n) is 5.00. The molecule has 45 heavy (non-hydrogen) atoms. The molecule has 0 saturated carbocycles. The molecule has 256 valence electrons. The highest BCUT2D eigenvalue weighted by atomic mass is 32.5. The predicted molar refractivity (Wildman–Crippen MR) is 168 cm³/mol. The van der Waals surface area contributed by atoms with E-state index in [9.17, 15) is 19.0 Å². The summed E-state index contributed by atoms with van der Waals surface area (Å²) in [6.07, 6.45) is -3.56. The van der Waals surface area contributed by atoms with Crippen molar-refractivity contribution in [1.29, 1.82) is 0 Å². The Morgan fingerprint density at radius 3 is 2.58 bits per heavy atom. The Morgan fingerprint density at radius 1 is 1.22 bits per heavy atom. The first-order valence-corrected chi connectivity index (χ1v) is 17.6. The largest absolute Gasteiger partial charge is 0.387 e. The summed E-state index contributed by atoms with van der Waals surface area (Å²) in [7, 11) is 0. The van der Waals surface area contributed by atoms with Crippen LogP contribution in [0.2, 0.25) is 0 Å². The lowest BCUT2D eigenvalue weighted by atomic mass is 9.97. The maximum absolute atomic E-state index is 15.6. The van der Waals surface area contributed by atoms with Crippen LogP contribution in [0.1, 0.15) is 73.0 Å². The lowest BCUT2D eigenvalue weighted by Crippen LogP contribution is -2.52. The van der Waals surface area contributed by atoms with Crippen molar-refractivity contribution in [3.8, 4) is 0 Å². The molecule has 2 aromatic heterocycles. The van der Waals surface area contributed by atoms with Crippen LogP contribution >= 0.6 is 6.64 Å². The molecule has 1 fully saturated rings. The minimum absolute atomic E-state index is 0.00170. The summed E-state index contributed by atoms with van der Waals surface area (Å²) >= 11 is 5.73. The van der Waals surface area contributed by atoms with E-state index in [4.69, 9.17) is 36.1 Å². The molecule has 0 aromatic carbocycles. The summed E-state index contributed by atoms with van der Waals surface area (Å²) in [6.45, 7) is 8.00. The monoisotopic (exact) mass is 682 g/mol. The number of aliphatic hydroxyl groups excluding tert-OH is 2. The van der Waals surface area contributed by atoms with Crippen molar-refractivity contribution in [2.24, 2.45) is 5.92 Å². The van der Waals surface area contributed by atoms with E-state index in [-0.39, 0.29) is 23.1 Å². The smallest absolute Gasteiger partial charge is 0.272 e. The highest BCUT2D eigenvalue weighted by Gasteiger charge is 2.62. The summed E-state index contributed by atoms with van der Waals surface area (Å²) in [5.41, 5.74) is 3.11. The van der Waals surface area contributed by atoms with Crippen LogP contribution in [0, 0.1) is 5.92 Å². The molecular formula is C28H46F3N6O6PS. The molecule has 0 aliphatic carbocycles. The number of nitrogens with one attached hydrogen (secondary N) is 1. The molecule has 2 aromatic rings. The Labute approximate surface area is 267 Å². The molecule has 1 aliphatic heterocycles. The van der Waals surface area contributed by atoms with Gasteiger partial charge in [0.05, 0.1) is 31.2 Å². The van der Waals surface area contributed by atoms with E-state index in [1.54, 1.807) is 27.7 Å². The third kappa shape index (κ3) is 9.42. The fourth-order valence-corrected chi connectivity index (χ4v) is 7.87. The van der Waals surface area contributed by atoms with Gasteiger partial charge in [-0.25, -0.2) is 33.2 Å². The van der Waals surface area contributed by atoms with E-state index < -0.39 is 62.2 Å². The Hall–Kier alpha value is -1.75. The second-order valence-corrected chi connectivity index (χ2v) is 15.0. The normalized spacial score (nSPS) is 26.3. The number of rotatable bonds is 19. The number of nitrogen functional groups attached to an aromatic ring is 1. The first kappa shape index (κ1) is 37.7. The molecule has 3 heterocycles. The molecule has 0 amide bonds. The van der Waals surface area contributed by atoms with Gasteiger partial charge in [-0.05, 0) is 64.7 Å². The van der Waals surface area contributed by atoms with E-state index in [0.29, 0.717) is 12.3 Å². The average Bonchev–Trinajstić information content (AvgIpc) is 3.50. The highest BCUT2D eigenvalue weighted by molar-refractivity contribution is 8.09. The maximum Gasteiger partial charge on any atom is 0.272 e. The summed E-state index contributed by atoms with van der Waals surface area (Å²) < 4.78 is 69.2. The number of hydrogen-bond acceptors (Lipinski definition) is 11. The van der Waals surface area contributed by atoms with Gasteiger partial charge >= 0.3 is 0 Å². The second kappa shape index (κ2) is 16.4. The molecule has 9 atom stereocenters. The number of anilines is 1. The number of aliphatic hydroxyl groups is 2. The number of aromatic nitrogens is 4. The molecule has 4 unspecified atom stereocenters. The Bertz CT molecular complexity index is 1300. The fraction of sp³-hybridized carbons (Fsp3) is 0.750. The molecular weight excluding hydrogens is 636 g/mol. The van der Waals surface area contributed by atoms with Gasteiger partial charge in [0.25, 0.3) is 13.1 Å². The Balaban J connectivity index is 1.82. The number of ether oxygens (including phenoxy) is 2. The van der Waals surface area contributed by atoms with Crippen LogP contribution in [-0.2, 0) is 30.3 Å². The zero-order valence-corrected chi connectivity index (χ0v) is 28.0. The van der Waals surface area contributed by atoms with Crippen LogP contribution in [0.3, 0.4) is 0 Å². The van der Waals surface area contributed by atoms with Gasteiger partial charge in [0.15, 0.2) is 35.8 Å². The van der Waals surface area contributed by atoms with Crippen molar-refractivity contribution in [3.05, 3.63) is 25.3 Å². The topological polar surface area (TPSA) is 159 Å². The van der Waals surface area contributed by atoms with Gasteiger partial charge in [0.2, 0.25) is 0 Å². The zero-order chi connectivity index (χ0) is 33.5. The maximum atomic E-state index is 15.6. The van der Waals surface area contributed by atoms with Crippen LogP contribution in [0.4, 0.5) is 19.0 Å². The highest BCUT2D eigenvalue weighted by Crippen LogP contribution is 2.51. The van der Waals surface area contributed by atoms with Crippen molar-refractivity contribution in [3.63, 3.8) is 0 Å². The molecule has 1 aliphatic rings. The van der Waals surface area contributed by atoms with Gasteiger partial charge in [0, 0.05) is 0 Å². The molecule has 1 saturated heterocycles. The van der Waals surface area contributed by atoms with Gasteiger partial charge in [-0.2, -0.15) is 0 Å². The summed E-state index contributed by atoms with van der Waals surface area (Å²) in [5.74, 6) is 0.471. The zero-order valence-electron chi connectivity index (χ0n) is 26.3. The Morgan fingerprint density at radius 2 is 1.93 bits per heavy atom. The second-order valence-electron chi connectivity index (χ2n) is 11.8. The molecule has 3 rings (SSSR count). The van der Waals surface area contributed by atoms with Crippen LogP contribution in [0.5, 0.6) is 0 Å². The molecule has 0 spiro atoms.